The lowest BCUT2D eigenvalue weighted by Gasteiger charge is -2.35. The van der Waals surface area contributed by atoms with E-state index in [-0.39, 0.29) is 17.4 Å². The second kappa shape index (κ2) is 6.98. The number of amides is 1. The Morgan fingerprint density at radius 2 is 1.65 bits per heavy atom. The van der Waals surface area contributed by atoms with Gasteiger partial charge in [0, 0.05) is 29.4 Å². The van der Waals surface area contributed by atoms with Crippen molar-refractivity contribution < 1.29 is 4.79 Å². The van der Waals surface area contributed by atoms with Crippen LogP contribution in [0.5, 0.6) is 0 Å². The number of carbonyl (C=O) groups is 1. The molecule has 0 saturated heterocycles. The summed E-state index contributed by atoms with van der Waals surface area (Å²) in [5, 5.41) is 0. The summed E-state index contributed by atoms with van der Waals surface area (Å²) in [7, 11) is 2.07. The van der Waals surface area contributed by atoms with Crippen LogP contribution in [0.4, 0.5) is 11.4 Å². The lowest BCUT2D eigenvalue weighted by molar-refractivity contribution is 0.0980. The number of benzene rings is 3. The Morgan fingerprint density at radius 3 is 2.42 bits per heavy atom. The number of rotatable bonds is 2. The summed E-state index contributed by atoms with van der Waals surface area (Å²) >= 11 is 0. The first-order chi connectivity index (χ1) is 14.9. The summed E-state index contributed by atoms with van der Waals surface area (Å²) in [6.07, 6.45) is 4.25. The summed E-state index contributed by atoms with van der Waals surface area (Å²) in [5.74, 6) is 0.00341. The van der Waals surface area contributed by atoms with E-state index in [1.807, 2.05) is 53.4 Å². The summed E-state index contributed by atoms with van der Waals surface area (Å²) in [6, 6.07) is 24.0. The van der Waals surface area contributed by atoms with Gasteiger partial charge in [-0.05, 0) is 41.0 Å². The third kappa shape index (κ3) is 2.92. The lowest BCUT2D eigenvalue weighted by atomic mass is 9.83. The Morgan fingerprint density at radius 1 is 0.935 bits per heavy atom. The molecule has 0 bridgehead atoms. The van der Waals surface area contributed by atoms with Crippen LogP contribution in [0.2, 0.25) is 0 Å². The predicted molar refractivity (Wildman–Crippen MR) is 128 cm³/mol. The minimum Gasteiger partial charge on any atom is -0.348 e. The highest BCUT2D eigenvalue weighted by Gasteiger charge is 2.38. The Kier molecular flexibility index (Phi) is 4.37. The second-order valence-electron chi connectivity index (χ2n) is 8.81. The van der Waals surface area contributed by atoms with Crippen molar-refractivity contribution in [2.45, 2.75) is 25.3 Å². The van der Waals surface area contributed by atoms with Crippen molar-refractivity contribution in [1.29, 1.82) is 0 Å². The van der Waals surface area contributed by atoms with E-state index in [9.17, 15) is 4.79 Å². The molecule has 0 fully saturated rings. The fourth-order valence-corrected chi connectivity index (χ4v) is 4.75. The van der Waals surface area contributed by atoms with Crippen LogP contribution in [-0.2, 0) is 5.41 Å². The summed E-state index contributed by atoms with van der Waals surface area (Å²) in [5.41, 5.74) is 7.14. The number of fused-ring (bicyclic) bond motifs is 2. The minimum atomic E-state index is -0.178. The molecule has 154 valence electrons. The zero-order chi connectivity index (χ0) is 21.8. The Balaban J connectivity index is 1.64. The molecular formula is C28H26N2O. The molecular weight excluding hydrogens is 380 g/mol. The highest BCUT2D eigenvalue weighted by atomic mass is 16.2. The fraction of sp³-hybridized carbons (Fsp3) is 0.179. The molecule has 0 saturated carbocycles. The average Bonchev–Trinajstić information content (AvgIpc) is 2.98. The number of hydrogen-bond donors (Lipinski definition) is 0. The van der Waals surface area contributed by atoms with Crippen LogP contribution in [0.1, 0.15) is 46.9 Å². The van der Waals surface area contributed by atoms with E-state index in [0.717, 1.165) is 22.5 Å². The highest BCUT2D eigenvalue weighted by molar-refractivity contribution is 6.08. The van der Waals surface area contributed by atoms with E-state index in [0.29, 0.717) is 5.56 Å². The number of carbonyl (C=O) groups excluding carboxylic acids is 1. The SMILES string of the molecule is C=C1N(C)c2ccc(C3C=Cc4ccccc4N3C(=O)c3ccccc3)cc2C1(C)C. The zero-order valence-corrected chi connectivity index (χ0v) is 18.2. The van der Waals surface area contributed by atoms with Crippen LogP contribution < -0.4 is 9.80 Å². The molecule has 31 heavy (non-hydrogen) atoms. The first-order valence-corrected chi connectivity index (χ1v) is 10.6. The van der Waals surface area contributed by atoms with E-state index in [2.05, 4.69) is 68.8 Å². The van der Waals surface area contributed by atoms with Crippen LogP contribution in [0, 0.1) is 0 Å². The van der Waals surface area contributed by atoms with E-state index < -0.39 is 0 Å². The smallest absolute Gasteiger partial charge is 0.259 e. The standard InChI is InChI=1S/C28H26N2O/c1-19-28(2,3)23-18-22(15-17-26(23)29(19)4)25-16-14-20-10-8-9-13-24(20)30(25)27(31)21-11-6-5-7-12-21/h5-18,25H,1H2,2-4H3. The number of para-hydroxylation sites is 1. The summed E-state index contributed by atoms with van der Waals surface area (Å²) in [6.45, 7) is 8.72. The number of allylic oxidation sites excluding steroid dienone is 1. The van der Waals surface area contributed by atoms with Gasteiger partial charge in [-0.3, -0.25) is 9.69 Å². The first kappa shape index (κ1) is 19.4. The maximum absolute atomic E-state index is 13.7. The first-order valence-electron chi connectivity index (χ1n) is 10.6. The van der Waals surface area contributed by atoms with Gasteiger partial charge in [-0.15, -0.1) is 0 Å². The molecule has 2 aliphatic heterocycles. The molecule has 1 amide bonds. The maximum atomic E-state index is 13.7. The van der Waals surface area contributed by atoms with Crippen LogP contribution in [-0.4, -0.2) is 13.0 Å². The van der Waals surface area contributed by atoms with Crippen LogP contribution in [0.25, 0.3) is 6.08 Å². The van der Waals surface area contributed by atoms with Crippen molar-refractivity contribution in [3.8, 4) is 0 Å². The molecule has 1 atom stereocenters. The second-order valence-corrected chi connectivity index (χ2v) is 8.81. The highest BCUT2D eigenvalue weighted by Crippen LogP contribution is 2.48. The van der Waals surface area contributed by atoms with E-state index in [1.165, 1.54) is 11.3 Å². The van der Waals surface area contributed by atoms with Gasteiger partial charge in [0.25, 0.3) is 5.91 Å². The topological polar surface area (TPSA) is 23.6 Å². The molecule has 2 heterocycles. The van der Waals surface area contributed by atoms with E-state index >= 15 is 0 Å². The monoisotopic (exact) mass is 406 g/mol. The molecule has 3 heteroatoms. The normalized spacial score (nSPS) is 18.7. The molecule has 0 N–H and O–H groups in total. The zero-order valence-electron chi connectivity index (χ0n) is 18.2. The lowest BCUT2D eigenvalue weighted by Crippen LogP contribution is -2.36. The molecule has 5 rings (SSSR count). The van der Waals surface area contributed by atoms with Crippen molar-refractivity contribution in [2.75, 3.05) is 16.8 Å². The number of likely N-dealkylation sites (N-methyl/N-ethyl adjacent to an activating group) is 1. The quantitative estimate of drug-likeness (QED) is 0.496. The molecule has 0 aromatic heterocycles. The summed E-state index contributed by atoms with van der Waals surface area (Å²) in [4.78, 5) is 17.8. The van der Waals surface area contributed by atoms with Gasteiger partial charge in [0.15, 0.2) is 0 Å². The number of anilines is 2. The van der Waals surface area contributed by atoms with Gasteiger partial charge >= 0.3 is 0 Å². The summed E-state index contributed by atoms with van der Waals surface area (Å²) < 4.78 is 0. The van der Waals surface area contributed by atoms with Crippen molar-refractivity contribution in [3.05, 3.63) is 113 Å². The van der Waals surface area contributed by atoms with Crippen molar-refractivity contribution in [3.63, 3.8) is 0 Å². The van der Waals surface area contributed by atoms with Gasteiger partial charge < -0.3 is 4.90 Å². The molecule has 0 aliphatic carbocycles. The van der Waals surface area contributed by atoms with Gasteiger partial charge in [0.05, 0.1) is 11.7 Å². The molecule has 3 aromatic carbocycles. The van der Waals surface area contributed by atoms with Crippen molar-refractivity contribution in [1.82, 2.24) is 0 Å². The molecule has 3 aromatic rings. The predicted octanol–water partition coefficient (Wildman–Crippen LogP) is 6.34. The molecule has 2 aliphatic rings. The molecule has 0 radical (unpaired) electrons. The van der Waals surface area contributed by atoms with Gasteiger partial charge in [-0.1, -0.05) is 81.1 Å². The molecule has 3 nitrogen and oxygen atoms in total. The van der Waals surface area contributed by atoms with Crippen molar-refractivity contribution in [2.24, 2.45) is 0 Å². The van der Waals surface area contributed by atoms with Gasteiger partial charge in [0.2, 0.25) is 0 Å². The largest absolute Gasteiger partial charge is 0.348 e. The number of hydrogen-bond acceptors (Lipinski definition) is 2. The van der Waals surface area contributed by atoms with Crippen LogP contribution in [0.15, 0.2) is 91.1 Å². The van der Waals surface area contributed by atoms with Crippen molar-refractivity contribution >= 4 is 23.4 Å². The Hall–Kier alpha value is -3.59. The van der Waals surface area contributed by atoms with E-state index in [1.54, 1.807) is 0 Å². The van der Waals surface area contributed by atoms with Gasteiger partial charge in [-0.2, -0.15) is 0 Å². The van der Waals surface area contributed by atoms with Gasteiger partial charge in [-0.25, -0.2) is 0 Å². The Bertz CT molecular complexity index is 1220. The third-order valence-corrected chi connectivity index (χ3v) is 6.70. The molecule has 1 unspecified atom stereocenters. The Labute approximate surface area is 183 Å². The van der Waals surface area contributed by atoms with Gasteiger partial charge in [0.1, 0.15) is 0 Å². The third-order valence-electron chi connectivity index (χ3n) is 6.70. The van der Waals surface area contributed by atoms with Crippen LogP contribution in [0.3, 0.4) is 0 Å². The van der Waals surface area contributed by atoms with Crippen LogP contribution >= 0.6 is 0 Å². The maximum Gasteiger partial charge on any atom is 0.259 e. The molecule has 0 spiro atoms. The number of nitrogens with zero attached hydrogens (tertiary/aromatic N) is 2. The minimum absolute atomic E-state index is 0.00341. The average molecular weight is 407 g/mol. The fourth-order valence-electron chi connectivity index (χ4n) is 4.75. The van der Waals surface area contributed by atoms with E-state index in [4.69, 9.17) is 0 Å².